The van der Waals surface area contributed by atoms with Gasteiger partial charge < -0.3 is 24.4 Å². The van der Waals surface area contributed by atoms with Crippen LogP contribution in [0.3, 0.4) is 0 Å². The molecule has 21 heavy (non-hydrogen) atoms. The van der Waals surface area contributed by atoms with Gasteiger partial charge in [-0.3, -0.25) is 0 Å². The van der Waals surface area contributed by atoms with Crippen LogP contribution >= 0.6 is 0 Å². The fourth-order valence-electron chi connectivity index (χ4n) is 2.50. The van der Waals surface area contributed by atoms with Crippen molar-refractivity contribution in [1.29, 1.82) is 0 Å². The molecule has 1 fully saturated rings. The molecule has 1 aromatic carbocycles. The second kappa shape index (κ2) is 6.22. The number of nitrogens with one attached hydrogen (secondary N) is 1. The molecule has 6 heteroatoms. The minimum Gasteiger partial charge on any atom is -0.454 e. The molecule has 1 N–H and O–H groups in total. The van der Waals surface area contributed by atoms with E-state index in [9.17, 15) is 4.79 Å². The third kappa shape index (κ3) is 3.39. The second-order valence-corrected chi connectivity index (χ2v) is 5.46. The lowest BCUT2D eigenvalue weighted by atomic mass is 10.1. The Kier molecular flexibility index (Phi) is 4.15. The van der Waals surface area contributed by atoms with Crippen molar-refractivity contribution < 1.29 is 19.0 Å². The summed E-state index contributed by atoms with van der Waals surface area (Å²) in [6.45, 7) is 3.01. The van der Waals surface area contributed by atoms with E-state index in [1.54, 1.807) is 11.9 Å². The van der Waals surface area contributed by atoms with Crippen molar-refractivity contribution in [3.05, 3.63) is 23.8 Å². The zero-order chi connectivity index (χ0) is 14.7. The molecular weight excluding hydrogens is 272 g/mol. The molecular formula is C15H20N2O4. The maximum Gasteiger partial charge on any atom is 0.317 e. The third-order valence-electron chi connectivity index (χ3n) is 3.77. The fourth-order valence-corrected chi connectivity index (χ4v) is 2.50. The molecule has 6 nitrogen and oxygen atoms in total. The maximum atomic E-state index is 12.1. The molecule has 0 unspecified atom stereocenters. The van der Waals surface area contributed by atoms with Crippen LogP contribution in [0.2, 0.25) is 0 Å². The third-order valence-corrected chi connectivity index (χ3v) is 3.77. The van der Waals surface area contributed by atoms with Crippen molar-refractivity contribution in [2.45, 2.75) is 13.0 Å². The van der Waals surface area contributed by atoms with Crippen LogP contribution < -0.4 is 14.8 Å². The molecule has 0 aromatic heterocycles. The highest BCUT2D eigenvalue weighted by atomic mass is 16.7. The molecule has 2 aliphatic rings. The number of ether oxygens (including phenoxy) is 3. The van der Waals surface area contributed by atoms with E-state index >= 15 is 0 Å². The van der Waals surface area contributed by atoms with Gasteiger partial charge in [0.05, 0.1) is 6.61 Å². The number of carbonyl (C=O) groups excluding carboxylic acids is 1. The molecule has 3 rings (SSSR count). The normalized spacial score (nSPS) is 19.6. The lowest BCUT2D eigenvalue weighted by Crippen LogP contribution is -2.39. The van der Waals surface area contributed by atoms with Gasteiger partial charge in [0.25, 0.3) is 0 Å². The van der Waals surface area contributed by atoms with Crippen molar-refractivity contribution in [3.63, 3.8) is 0 Å². The Labute approximate surface area is 124 Å². The van der Waals surface area contributed by atoms with Gasteiger partial charge in [-0.25, -0.2) is 4.79 Å². The Balaban J connectivity index is 1.50. The van der Waals surface area contributed by atoms with Gasteiger partial charge in [0.2, 0.25) is 6.79 Å². The maximum absolute atomic E-state index is 12.1. The van der Waals surface area contributed by atoms with Crippen LogP contribution in [0.4, 0.5) is 4.79 Å². The van der Waals surface area contributed by atoms with Crippen molar-refractivity contribution in [2.24, 2.45) is 5.92 Å². The lowest BCUT2D eigenvalue weighted by Gasteiger charge is -2.19. The highest BCUT2D eigenvalue weighted by Gasteiger charge is 2.18. The number of nitrogens with zero attached hydrogens (tertiary/aromatic N) is 1. The van der Waals surface area contributed by atoms with Gasteiger partial charge in [0.1, 0.15) is 0 Å². The number of fused-ring (bicyclic) bond motifs is 1. The van der Waals surface area contributed by atoms with E-state index in [4.69, 9.17) is 14.2 Å². The largest absolute Gasteiger partial charge is 0.454 e. The molecule has 1 atom stereocenters. The molecule has 0 aliphatic carbocycles. The van der Waals surface area contributed by atoms with Gasteiger partial charge >= 0.3 is 6.03 Å². The van der Waals surface area contributed by atoms with Crippen molar-refractivity contribution in [3.8, 4) is 11.5 Å². The Morgan fingerprint density at radius 3 is 3.05 bits per heavy atom. The predicted octanol–water partition coefficient (Wildman–Crippen LogP) is 1.59. The summed E-state index contributed by atoms with van der Waals surface area (Å²) in [7, 11) is 1.78. The number of urea groups is 1. The fraction of sp³-hybridized carbons (Fsp3) is 0.533. The standard InChI is InChI=1S/C15H20N2O4/c1-17(15(18)16-7-12-4-5-19-9-12)8-11-2-3-13-14(6-11)21-10-20-13/h2-3,6,12H,4-5,7-10H2,1H3,(H,16,18)/t12-/m0/s1. The highest BCUT2D eigenvalue weighted by molar-refractivity contribution is 5.73. The van der Waals surface area contributed by atoms with E-state index in [1.807, 2.05) is 18.2 Å². The number of hydrogen-bond donors (Lipinski definition) is 1. The average Bonchev–Trinajstić information content (AvgIpc) is 3.15. The van der Waals surface area contributed by atoms with Crippen molar-refractivity contribution >= 4 is 6.03 Å². The summed E-state index contributed by atoms with van der Waals surface area (Å²) in [5, 5.41) is 2.95. The smallest absolute Gasteiger partial charge is 0.317 e. The van der Waals surface area contributed by atoms with E-state index in [1.165, 1.54) is 0 Å². The first kappa shape index (κ1) is 14.0. The van der Waals surface area contributed by atoms with Crippen LogP contribution in [0, 0.1) is 5.92 Å². The number of benzene rings is 1. The van der Waals surface area contributed by atoms with Gasteiger partial charge in [-0.05, 0) is 24.1 Å². The number of hydrogen-bond acceptors (Lipinski definition) is 4. The first-order valence-corrected chi connectivity index (χ1v) is 7.17. The summed E-state index contributed by atoms with van der Waals surface area (Å²) in [5.74, 6) is 1.93. The summed E-state index contributed by atoms with van der Waals surface area (Å²) in [5.41, 5.74) is 1.01. The van der Waals surface area contributed by atoms with Gasteiger partial charge in [-0.15, -0.1) is 0 Å². The summed E-state index contributed by atoms with van der Waals surface area (Å²) >= 11 is 0. The first-order valence-electron chi connectivity index (χ1n) is 7.17. The van der Waals surface area contributed by atoms with Gasteiger partial charge in [-0.2, -0.15) is 0 Å². The summed E-state index contributed by atoms with van der Waals surface area (Å²) < 4.78 is 15.9. The predicted molar refractivity (Wildman–Crippen MR) is 76.4 cm³/mol. The minimum atomic E-state index is -0.0698. The molecule has 1 aromatic rings. The number of amides is 2. The van der Waals surface area contributed by atoms with Crippen LogP contribution in [0.1, 0.15) is 12.0 Å². The first-order chi connectivity index (χ1) is 10.2. The SMILES string of the molecule is CN(Cc1ccc2c(c1)OCO2)C(=O)NC[C@@H]1CCOC1. The summed E-state index contributed by atoms with van der Waals surface area (Å²) in [4.78, 5) is 13.7. The Bertz CT molecular complexity index is 514. The van der Waals surface area contributed by atoms with Crippen LogP contribution in [-0.2, 0) is 11.3 Å². The van der Waals surface area contributed by atoms with Crippen LogP contribution in [0.25, 0.3) is 0 Å². The zero-order valence-corrected chi connectivity index (χ0v) is 12.1. The Morgan fingerprint density at radius 2 is 2.24 bits per heavy atom. The molecule has 0 bridgehead atoms. The molecule has 0 saturated carbocycles. The Morgan fingerprint density at radius 1 is 1.38 bits per heavy atom. The highest BCUT2D eigenvalue weighted by Crippen LogP contribution is 2.32. The number of carbonyl (C=O) groups is 1. The Hall–Kier alpha value is -1.95. The minimum absolute atomic E-state index is 0.0698. The van der Waals surface area contributed by atoms with Gasteiger partial charge in [0.15, 0.2) is 11.5 Å². The second-order valence-electron chi connectivity index (χ2n) is 5.46. The lowest BCUT2D eigenvalue weighted by molar-refractivity contribution is 0.173. The zero-order valence-electron chi connectivity index (χ0n) is 12.1. The molecule has 2 heterocycles. The van der Waals surface area contributed by atoms with E-state index in [0.717, 1.165) is 36.7 Å². The van der Waals surface area contributed by atoms with Gasteiger partial charge in [-0.1, -0.05) is 6.07 Å². The van der Waals surface area contributed by atoms with Crippen LogP contribution in [-0.4, -0.2) is 44.5 Å². The molecule has 114 valence electrons. The number of rotatable bonds is 4. The van der Waals surface area contributed by atoms with Crippen LogP contribution in [0.15, 0.2) is 18.2 Å². The average molecular weight is 292 g/mol. The van der Waals surface area contributed by atoms with E-state index < -0.39 is 0 Å². The molecule has 2 amide bonds. The monoisotopic (exact) mass is 292 g/mol. The van der Waals surface area contributed by atoms with E-state index in [2.05, 4.69) is 5.32 Å². The summed E-state index contributed by atoms with van der Waals surface area (Å²) in [6, 6.07) is 5.66. The molecule has 2 aliphatic heterocycles. The van der Waals surface area contributed by atoms with E-state index in [-0.39, 0.29) is 12.8 Å². The molecule has 0 radical (unpaired) electrons. The topological polar surface area (TPSA) is 60.0 Å². The molecule has 0 spiro atoms. The quantitative estimate of drug-likeness (QED) is 0.915. The molecule has 1 saturated heterocycles. The van der Waals surface area contributed by atoms with Gasteiger partial charge in [0, 0.05) is 32.7 Å². The van der Waals surface area contributed by atoms with Crippen LogP contribution in [0.5, 0.6) is 11.5 Å². The van der Waals surface area contributed by atoms with E-state index in [0.29, 0.717) is 19.0 Å². The summed E-state index contributed by atoms with van der Waals surface area (Å²) in [6.07, 6.45) is 1.02. The van der Waals surface area contributed by atoms with Crippen molar-refractivity contribution in [1.82, 2.24) is 10.2 Å². The van der Waals surface area contributed by atoms with Crippen molar-refractivity contribution in [2.75, 3.05) is 33.6 Å².